The number of likely N-dealkylation sites (tertiary alicyclic amines) is 1. The van der Waals surface area contributed by atoms with E-state index in [9.17, 15) is 9.59 Å². The van der Waals surface area contributed by atoms with Gasteiger partial charge in [0.2, 0.25) is 11.8 Å². The normalized spacial score (nSPS) is 21.3. The van der Waals surface area contributed by atoms with Crippen LogP contribution in [0.25, 0.3) is 0 Å². The molecule has 0 aromatic carbocycles. The van der Waals surface area contributed by atoms with Crippen LogP contribution in [0.3, 0.4) is 0 Å². The van der Waals surface area contributed by atoms with Gasteiger partial charge < -0.3 is 15.0 Å². The zero-order valence-electron chi connectivity index (χ0n) is 13.1. The van der Waals surface area contributed by atoms with Crippen LogP contribution in [0.2, 0.25) is 0 Å². The quantitative estimate of drug-likeness (QED) is 0.783. The average Bonchev–Trinajstić information content (AvgIpc) is 2.55. The Morgan fingerprint density at radius 2 is 1.71 bits per heavy atom. The van der Waals surface area contributed by atoms with Crippen LogP contribution in [-0.2, 0) is 14.3 Å². The van der Waals surface area contributed by atoms with Crippen LogP contribution in [0, 0.1) is 11.8 Å². The zero-order valence-corrected chi connectivity index (χ0v) is 13.1. The lowest BCUT2D eigenvalue weighted by Gasteiger charge is -2.34. The van der Waals surface area contributed by atoms with Crippen molar-refractivity contribution in [2.45, 2.75) is 44.9 Å². The van der Waals surface area contributed by atoms with E-state index < -0.39 is 0 Å². The summed E-state index contributed by atoms with van der Waals surface area (Å²) in [6, 6.07) is 0. The summed E-state index contributed by atoms with van der Waals surface area (Å²) in [5.74, 6) is 0.729. The number of hydrogen-bond donors (Lipinski definition) is 1. The summed E-state index contributed by atoms with van der Waals surface area (Å²) in [5, 5.41) is 2.89. The Balaban J connectivity index is 1.72. The minimum absolute atomic E-state index is 0.0530. The summed E-state index contributed by atoms with van der Waals surface area (Å²) in [6.07, 6.45) is 7.33. The molecule has 0 unspecified atom stereocenters. The van der Waals surface area contributed by atoms with E-state index in [1.165, 1.54) is 19.3 Å². The van der Waals surface area contributed by atoms with Gasteiger partial charge in [-0.1, -0.05) is 19.3 Å². The molecule has 2 fully saturated rings. The Morgan fingerprint density at radius 1 is 1.05 bits per heavy atom. The Morgan fingerprint density at radius 3 is 2.33 bits per heavy atom. The molecule has 2 aliphatic rings. The van der Waals surface area contributed by atoms with Gasteiger partial charge in [-0.3, -0.25) is 9.59 Å². The largest absolute Gasteiger partial charge is 0.383 e. The first kappa shape index (κ1) is 16.3. The minimum Gasteiger partial charge on any atom is -0.383 e. The van der Waals surface area contributed by atoms with Crippen molar-refractivity contribution >= 4 is 11.8 Å². The van der Waals surface area contributed by atoms with Gasteiger partial charge in [0.05, 0.1) is 6.61 Å². The fraction of sp³-hybridized carbons (Fsp3) is 0.875. The van der Waals surface area contributed by atoms with E-state index in [0.717, 1.165) is 38.8 Å². The molecule has 0 atom stereocenters. The third-order valence-corrected chi connectivity index (χ3v) is 4.74. The van der Waals surface area contributed by atoms with Gasteiger partial charge >= 0.3 is 0 Å². The van der Waals surface area contributed by atoms with Crippen LogP contribution in [0.1, 0.15) is 44.9 Å². The summed E-state index contributed by atoms with van der Waals surface area (Å²) in [6.45, 7) is 2.58. The summed E-state index contributed by atoms with van der Waals surface area (Å²) >= 11 is 0. The fourth-order valence-electron chi connectivity index (χ4n) is 3.39. The van der Waals surface area contributed by atoms with Gasteiger partial charge in [-0.05, 0) is 25.7 Å². The van der Waals surface area contributed by atoms with E-state index in [2.05, 4.69) is 5.32 Å². The predicted molar refractivity (Wildman–Crippen MR) is 80.8 cm³/mol. The molecule has 5 heteroatoms. The highest BCUT2D eigenvalue weighted by Crippen LogP contribution is 2.27. The maximum absolute atomic E-state index is 12.4. The fourth-order valence-corrected chi connectivity index (χ4v) is 3.39. The van der Waals surface area contributed by atoms with E-state index in [-0.39, 0.29) is 17.7 Å². The number of piperidine rings is 1. The van der Waals surface area contributed by atoms with E-state index in [0.29, 0.717) is 19.1 Å². The Hall–Kier alpha value is -1.10. The Kier molecular flexibility index (Phi) is 6.49. The molecule has 5 nitrogen and oxygen atoms in total. The number of carbonyl (C=O) groups is 2. The molecule has 120 valence electrons. The maximum atomic E-state index is 12.4. The molecular weight excluding hydrogens is 268 g/mol. The summed E-state index contributed by atoms with van der Waals surface area (Å²) in [5.41, 5.74) is 0. The molecule has 1 saturated carbocycles. The predicted octanol–water partition coefficient (Wildman–Crippen LogP) is 1.57. The van der Waals surface area contributed by atoms with Gasteiger partial charge in [-0.2, -0.15) is 0 Å². The number of carbonyl (C=O) groups excluding carboxylic acids is 2. The molecule has 1 heterocycles. The zero-order chi connectivity index (χ0) is 15.1. The van der Waals surface area contributed by atoms with Crippen molar-refractivity contribution < 1.29 is 14.3 Å². The van der Waals surface area contributed by atoms with Crippen LogP contribution in [0.4, 0.5) is 0 Å². The second kappa shape index (κ2) is 8.37. The molecule has 1 aliphatic carbocycles. The molecule has 0 bridgehead atoms. The number of nitrogens with one attached hydrogen (secondary N) is 1. The Labute approximate surface area is 127 Å². The number of rotatable bonds is 5. The number of hydrogen-bond acceptors (Lipinski definition) is 3. The average molecular weight is 296 g/mol. The second-order valence-corrected chi connectivity index (χ2v) is 6.22. The molecule has 21 heavy (non-hydrogen) atoms. The molecule has 1 saturated heterocycles. The third-order valence-electron chi connectivity index (χ3n) is 4.74. The first-order valence-corrected chi connectivity index (χ1v) is 8.28. The molecule has 0 radical (unpaired) electrons. The second-order valence-electron chi connectivity index (χ2n) is 6.22. The topological polar surface area (TPSA) is 58.6 Å². The number of ether oxygens (including phenoxy) is 1. The van der Waals surface area contributed by atoms with Crippen molar-refractivity contribution in [3.05, 3.63) is 0 Å². The smallest absolute Gasteiger partial charge is 0.225 e. The van der Waals surface area contributed by atoms with Crippen LogP contribution >= 0.6 is 0 Å². The third kappa shape index (κ3) is 4.70. The molecule has 2 amide bonds. The van der Waals surface area contributed by atoms with Crippen molar-refractivity contribution in [3.63, 3.8) is 0 Å². The highest BCUT2D eigenvalue weighted by Gasteiger charge is 2.31. The van der Waals surface area contributed by atoms with Crippen molar-refractivity contribution in [2.24, 2.45) is 11.8 Å². The van der Waals surface area contributed by atoms with Crippen molar-refractivity contribution in [2.75, 3.05) is 33.4 Å². The lowest BCUT2D eigenvalue weighted by Crippen LogP contribution is -2.45. The van der Waals surface area contributed by atoms with E-state index in [1.807, 2.05) is 4.90 Å². The monoisotopic (exact) mass is 296 g/mol. The molecule has 0 spiro atoms. The first-order chi connectivity index (χ1) is 10.2. The van der Waals surface area contributed by atoms with Crippen molar-refractivity contribution in [1.82, 2.24) is 10.2 Å². The number of methoxy groups -OCH3 is 1. The molecule has 1 N–H and O–H groups in total. The van der Waals surface area contributed by atoms with Crippen LogP contribution in [0.5, 0.6) is 0 Å². The van der Waals surface area contributed by atoms with E-state index in [1.54, 1.807) is 7.11 Å². The summed E-state index contributed by atoms with van der Waals surface area (Å²) in [7, 11) is 1.63. The number of amides is 2. The standard InChI is InChI=1S/C16H28N2O3/c1-21-12-9-17-15(19)13-7-10-18(11-8-13)16(20)14-5-3-2-4-6-14/h13-14H,2-12H2,1H3,(H,17,19). The van der Waals surface area contributed by atoms with Crippen molar-refractivity contribution in [3.8, 4) is 0 Å². The lowest BCUT2D eigenvalue weighted by molar-refractivity contribution is -0.140. The molecule has 0 aromatic rings. The first-order valence-electron chi connectivity index (χ1n) is 8.28. The Bertz CT molecular complexity index is 345. The highest BCUT2D eigenvalue weighted by molar-refractivity contribution is 5.81. The van der Waals surface area contributed by atoms with Crippen LogP contribution in [-0.4, -0.2) is 50.1 Å². The van der Waals surface area contributed by atoms with E-state index in [4.69, 9.17) is 4.74 Å². The van der Waals surface area contributed by atoms with Crippen LogP contribution in [0.15, 0.2) is 0 Å². The molecule has 2 rings (SSSR count). The van der Waals surface area contributed by atoms with Gasteiger partial charge in [0.25, 0.3) is 0 Å². The van der Waals surface area contributed by atoms with Gasteiger partial charge in [0.15, 0.2) is 0 Å². The molecule has 0 aromatic heterocycles. The highest BCUT2D eigenvalue weighted by atomic mass is 16.5. The number of nitrogens with zero attached hydrogens (tertiary/aromatic N) is 1. The van der Waals surface area contributed by atoms with Crippen LogP contribution < -0.4 is 5.32 Å². The molecule has 1 aliphatic heterocycles. The SMILES string of the molecule is COCCNC(=O)C1CCN(C(=O)C2CCCCC2)CC1. The van der Waals surface area contributed by atoms with Gasteiger partial charge in [0, 0.05) is 38.6 Å². The summed E-state index contributed by atoms with van der Waals surface area (Å²) in [4.78, 5) is 26.4. The minimum atomic E-state index is 0.0530. The van der Waals surface area contributed by atoms with Gasteiger partial charge in [-0.25, -0.2) is 0 Å². The molecular formula is C16H28N2O3. The lowest BCUT2D eigenvalue weighted by atomic mass is 9.87. The van der Waals surface area contributed by atoms with Gasteiger partial charge in [0.1, 0.15) is 0 Å². The maximum Gasteiger partial charge on any atom is 0.225 e. The van der Waals surface area contributed by atoms with Crippen molar-refractivity contribution in [1.29, 1.82) is 0 Å². The summed E-state index contributed by atoms with van der Waals surface area (Å²) < 4.78 is 4.93. The van der Waals surface area contributed by atoms with E-state index >= 15 is 0 Å². The van der Waals surface area contributed by atoms with Gasteiger partial charge in [-0.15, -0.1) is 0 Å².